The van der Waals surface area contributed by atoms with Crippen molar-refractivity contribution in [2.24, 2.45) is 0 Å². The van der Waals surface area contributed by atoms with Gasteiger partial charge in [0, 0.05) is 16.5 Å². The minimum atomic E-state index is 0.293. The van der Waals surface area contributed by atoms with Gasteiger partial charge < -0.3 is 5.11 Å². The zero-order valence-electron chi connectivity index (χ0n) is 8.94. The van der Waals surface area contributed by atoms with Gasteiger partial charge in [0.2, 0.25) is 0 Å². The van der Waals surface area contributed by atoms with Crippen molar-refractivity contribution in [3.8, 4) is 5.75 Å². The van der Waals surface area contributed by atoms with Crippen molar-refractivity contribution in [1.82, 2.24) is 4.98 Å². The highest BCUT2D eigenvalue weighted by atomic mass is 16.3. The van der Waals surface area contributed by atoms with Crippen LogP contribution in [0.5, 0.6) is 5.75 Å². The van der Waals surface area contributed by atoms with E-state index in [-0.39, 0.29) is 0 Å². The molecule has 78 valence electrons. The third-order valence-electron chi connectivity index (χ3n) is 2.82. The van der Waals surface area contributed by atoms with E-state index in [1.165, 1.54) is 0 Å². The summed E-state index contributed by atoms with van der Waals surface area (Å²) in [5.41, 5.74) is 1.83. The van der Waals surface area contributed by atoms with E-state index in [2.05, 4.69) is 4.98 Å². The van der Waals surface area contributed by atoms with Crippen molar-refractivity contribution < 1.29 is 5.11 Å². The average molecular weight is 209 g/mol. The Kier molecular flexibility index (Phi) is 1.83. The number of phenols is 1. The number of phenolic OH excluding ortho intramolecular Hbond substituents is 1. The van der Waals surface area contributed by atoms with Crippen molar-refractivity contribution in [2.75, 3.05) is 0 Å². The Bertz CT molecular complexity index is 689. The Morgan fingerprint density at radius 1 is 1.00 bits per heavy atom. The highest BCUT2D eigenvalue weighted by Crippen LogP contribution is 2.31. The van der Waals surface area contributed by atoms with Gasteiger partial charge in [-0.15, -0.1) is 0 Å². The average Bonchev–Trinajstić information content (AvgIpc) is 2.29. The maximum atomic E-state index is 9.92. The van der Waals surface area contributed by atoms with Crippen LogP contribution in [-0.2, 0) is 0 Å². The molecule has 2 heteroatoms. The first-order chi connectivity index (χ1) is 7.75. The van der Waals surface area contributed by atoms with E-state index in [9.17, 15) is 5.11 Å². The largest absolute Gasteiger partial charge is 0.507 e. The number of hydrogen-bond acceptors (Lipinski definition) is 2. The highest BCUT2D eigenvalue weighted by molar-refractivity contribution is 6.07. The molecule has 16 heavy (non-hydrogen) atoms. The predicted octanol–water partition coefficient (Wildman–Crippen LogP) is 3.40. The third kappa shape index (κ3) is 1.23. The van der Waals surface area contributed by atoms with Crippen LogP contribution in [-0.4, -0.2) is 10.1 Å². The Morgan fingerprint density at radius 2 is 1.81 bits per heavy atom. The van der Waals surface area contributed by atoms with Gasteiger partial charge in [0.1, 0.15) is 5.75 Å². The fraction of sp³-hybridized carbons (Fsp3) is 0.0714. The molecule has 0 saturated heterocycles. The molecule has 0 amide bonds. The Hall–Kier alpha value is -2.09. The van der Waals surface area contributed by atoms with Gasteiger partial charge in [-0.2, -0.15) is 0 Å². The van der Waals surface area contributed by atoms with Crippen LogP contribution in [0.15, 0.2) is 42.5 Å². The molecule has 0 bridgehead atoms. The lowest BCUT2D eigenvalue weighted by molar-refractivity contribution is 0.482. The molecular weight excluding hydrogens is 198 g/mol. The molecule has 0 aliphatic carbocycles. The van der Waals surface area contributed by atoms with Crippen molar-refractivity contribution in [1.29, 1.82) is 0 Å². The molecule has 3 aromatic rings. The molecule has 0 radical (unpaired) electrons. The number of nitrogens with zero attached hydrogens (tertiary/aromatic N) is 1. The van der Waals surface area contributed by atoms with E-state index in [0.29, 0.717) is 5.75 Å². The summed E-state index contributed by atoms with van der Waals surface area (Å²) in [5.74, 6) is 0.293. The standard InChI is InChI=1S/C14H11NO/c1-9-6-7-12-13(16)8-10-4-2-3-5-11(10)14(12)15-9/h2-8,16H,1H3. The Morgan fingerprint density at radius 3 is 2.69 bits per heavy atom. The Balaban J connectivity index is 2.61. The molecular formula is C14H11NO. The second-order valence-electron chi connectivity index (χ2n) is 3.97. The van der Waals surface area contributed by atoms with E-state index in [1.807, 2.05) is 43.3 Å². The zero-order valence-corrected chi connectivity index (χ0v) is 8.94. The van der Waals surface area contributed by atoms with E-state index in [0.717, 1.165) is 27.4 Å². The van der Waals surface area contributed by atoms with Gasteiger partial charge in [-0.3, -0.25) is 4.98 Å². The molecule has 0 saturated carbocycles. The number of fused-ring (bicyclic) bond motifs is 3. The topological polar surface area (TPSA) is 33.1 Å². The molecule has 2 aromatic carbocycles. The number of aromatic nitrogens is 1. The van der Waals surface area contributed by atoms with Crippen molar-refractivity contribution in [3.05, 3.63) is 48.2 Å². The van der Waals surface area contributed by atoms with Crippen LogP contribution in [0.4, 0.5) is 0 Å². The second-order valence-corrected chi connectivity index (χ2v) is 3.97. The molecule has 0 aliphatic heterocycles. The van der Waals surface area contributed by atoms with E-state index >= 15 is 0 Å². The van der Waals surface area contributed by atoms with E-state index in [4.69, 9.17) is 0 Å². The fourth-order valence-corrected chi connectivity index (χ4v) is 2.03. The third-order valence-corrected chi connectivity index (χ3v) is 2.82. The van der Waals surface area contributed by atoms with Crippen LogP contribution < -0.4 is 0 Å². The number of aromatic hydroxyl groups is 1. The van der Waals surface area contributed by atoms with Crippen LogP contribution in [0.25, 0.3) is 21.7 Å². The summed E-state index contributed by atoms with van der Waals surface area (Å²) < 4.78 is 0. The lowest BCUT2D eigenvalue weighted by Gasteiger charge is -2.06. The minimum Gasteiger partial charge on any atom is -0.507 e. The number of rotatable bonds is 0. The molecule has 1 N–H and O–H groups in total. The van der Waals surface area contributed by atoms with Crippen LogP contribution in [0.1, 0.15) is 5.69 Å². The lowest BCUT2D eigenvalue weighted by Crippen LogP contribution is -1.85. The summed E-state index contributed by atoms with van der Waals surface area (Å²) in [6, 6.07) is 13.6. The van der Waals surface area contributed by atoms with Crippen molar-refractivity contribution in [3.63, 3.8) is 0 Å². The van der Waals surface area contributed by atoms with Crippen LogP contribution in [0.3, 0.4) is 0 Å². The lowest BCUT2D eigenvalue weighted by atomic mass is 10.0. The minimum absolute atomic E-state index is 0.293. The molecule has 0 aliphatic rings. The molecule has 0 spiro atoms. The van der Waals surface area contributed by atoms with Gasteiger partial charge in [0.15, 0.2) is 0 Å². The number of benzene rings is 2. The number of pyridine rings is 1. The van der Waals surface area contributed by atoms with Gasteiger partial charge >= 0.3 is 0 Å². The first-order valence-electron chi connectivity index (χ1n) is 5.24. The predicted molar refractivity (Wildman–Crippen MR) is 65.7 cm³/mol. The van der Waals surface area contributed by atoms with Crippen LogP contribution in [0.2, 0.25) is 0 Å². The maximum Gasteiger partial charge on any atom is 0.125 e. The van der Waals surface area contributed by atoms with Gasteiger partial charge in [-0.25, -0.2) is 0 Å². The molecule has 1 heterocycles. The monoisotopic (exact) mass is 209 g/mol. The van der Waals surface area contributed by atoms with Crippen LogP contribution in [0, 0.1) is 6.92 Å². The zero-order chi connectivity index (χ0) is 11.1. The van der Waals surface area contributed by atoms with Gasteiger partial charge in [0.25, 0.3) is 0 Å². The molecule has 0 fully saturated rings. The SMILES string of the molecule is Cc1ccc2c(O)cc3ccccc3c2n1. The summed E-state index contributed by atoms with van der Waals surface area (Å²) in [5, 5.41) is 12.8. The normalized spacial score (nSPS) is 11.1. The Labute approximate surface area is 93.2 Å². The van der Waals surface area contributed by atoms with E-state index < -0.39 is 0 Å². The van der Waals surface area contributed by atoms with Crippen molar-refractivity contribution >= 4 is 21.7 Å². The van der Waals surface area contributed by atoms with Crippen molar-refractivity contribution in [2.45, 2.75) is 6.92 Å². The summed E-state index contributed by atoms with van der Waals surface area (Å²) in [6.45, 7) is 1.96. The molecule has 3 rings (SSSR count). The molecule has 2 nitrogen and oxygen atoms in total. The summed E-state index contributed by atoms with van der Waals surface area (Å²) in [7, 11) is 0. The smallest absolute Gasteiger partial charge is 0.125 e. The van der Waals surface area contributed by atoms with Gasteiger partial charge in [0.05, 0.1) is 5.52 Å². The first kappa shape index (κ1) is 9.16. The highest BCUT2D eigenvalue weighted by Gasteiger charge is 2.06. The first-order valence-corrected chi connectivity index (χ1v) is 5.24. The molecule has 0 atom stereocenters. The van der Waals surface area contributed by atoms with Gasteiger partial charge in [-0.05, 0) is 30.5 Å². The second kappa shape index (κ2) is 3.20. The maximum absolute atomic E-state index is 9.92. The molecule has 0 unspecified atom stereocenters. The number of hydrogen-bond donors (Lipinski definition) is 1. The van der Waals surface area contributed by atoms with Crippen LogP contribution >= 0.6 is 0 Å². The number of aryl methyl sites for hydroxylation is 1. The van der Waals surface area contributed by atoms with Gasteiger partial charge in [-0.1, -0.05) is 24.3 Å². The quantitative estimate of drug-likeness (QED) is 0.575. The fourth-order valence-electron chi connectivity index (χ4n) is 2.03. The summed E-state index contributed by atoms with van der Waals surface area (Å²) in [4.78, 5) is 4.50. The van der Waals surface area contributed by atoms with E-state index in [1.54, 1.807) is 6.07 Å². The molecule has 1 aromatic heterocycles. The summed E-state index contributed by atoms with van der Waals surface area (Å²) >= 11 is 0. The summed E-state index contributed by atoms with van der Waals surface area (Å²) in [6.07, 6.45) is 0.